The summed E-state index contributed by atoms with van der Waals surface area (Å²) in [5.41, 5.74) is 2.96. The summed E-state index contributed by atoms with van der Waals surface area (Å²) in [5.74, 6) is -0.495. The van der Waals surface area contributed by atoms with Gasteiger partial charge in [0, 0.05) is 35.3 Å². The van der Waals surface area contributed by atoms with Crippen LogP contribution in [0.1, 0.15) is 76.7 Å². The van der Waals surface area contributed by atoms with Crippen LogP contribution in [0.4, 0.5) is 5.69 Å². The number of ether oxygens (including phenoxy) is 1. The zero-order valence-electron chi connectivity index (χ0n) is 29.9. The molecule has 5 rings (SSSR count). The molecular weight excluding hydrogens is 626 g/mol. The zero-order valence-corrected chi connectivity index (χ0v) is 29.9. The zero-order chi connectivity index (χ0) is 35.8. The van der Waals surface area contributed by atoms with Crippen LogP contribution in [0.2, 0.25) is 0 Å². The fourth-order valence-corrected chi connectivity index (χ4v) is 8.48. The number of amides is 1. The van der Waals surface area contributed by atoms with Gasteiger partial charge in [0.25, 0.3) is 0 Å². The van der Waals surface area contributed by atoms with Gasteiger partial charge in [0.2, 0.25) is 5.91 Å². The van der Waals surface area contributed by atoms with Crippen LogP contribution in [0.15, 0.2) is 36.4 Å². The van der Waals surface area contributed by atoms with Gasteiger partial charge in [-0.1, -0.05) is 52.8 Å². The maximum atomic E-state index is 14.2. The Kier molecular flexibility index (Phi) is 11.3. The minimum absolute atomic E-state index is 0.0198. The lowest BCUT2D eigenvalue weighted by Gasteiger charge is -2.50. The highest BCUT2D eigenvalue weighted by atomic mass is 16.7. The van der Waals surface area contributed by atoms with E-state index in [0.717, 1.165) is 19.3 Å². The number of hydroxylamine groups is 2. The molecule has 270 valence electrons. The third-order valence-corrected chi connectivity index (χ3v) is 12.2. The normalized spacial score (nSPS) is 30.7. The van der Waals surface area contributed by atoms with Gasteiger partial charge in [-0.15, -0.1) is 0 Å². The van der Waals surface area contributed by atoms with Crippen LogP contribution in [-0.2, 0) is 16.2 Å². The van der Waals surface area contributed by atoms with Crippen molar-refractivity contribution < 1.29 is 39.6 Å². The number of para-hydroxylation sites is 1. The molecule has 1 aliphatic carbocycles. The van der Waals surface area contributed by atoms with Crippen molar-refractivity contribution in [3.63, 3.8) is 0 Å². The number of nitrogens with one attached hydrogen (secondary N) is 1. The predicted octanol–water partition coefficient (Wildman–Crippen LogP) is 4.32. The average Bonchev–Trinajstić information content (AvgIpc) is 3.71. The van der Waals surface area contributed by atoms with Crippen molar-refractivity contribution in [2.75, 3.05) is 31.8 Å². The lowest BCUT2D eigenvalue weighted by molar-refractivity contribution is -0.182. The van der Waals surface area contributed by atoms with E-state index in [0.29, 0.717) is 46.5 Å². The summed E-state index contributed by atoms with van der Waals surface area (Å²) in [6.07, 6.45) is 0.839. The Morgan fingerprint density at radius 1 is 1.12 bits per heavy atom. The Bertz CT molecular complexity index is 1500. The molecular formula is C38H55N3O8. The van der Waals surface area contributed by atoms with Crippen molar-refractivity contribution in [1.82, 2.24) is 10.4 Å². The van der Waals surface area contributed by atoms with Crippen molar-refractivity contribution in [1.29, 1.82) is 0 Å². The number of carbonyl (C=O) groups is 2. The summed E-state index contributed by atoms with van der Waals surface area (Å²) in [7, 11) is 1.55. The quantitative estimate of drug-likeness (QED) is 0.232. The van der Waals surface area contributed by atoms with Crippen LogP contribution in [0.25, 0.3) is 11.1 Å². The number of hydrogen-bond acceptors (Lipinski definition) is 9. The van der Waals surface area contributed by atoms with Crippen LogP contribution in [0.3, 0.4) is 0 Å². The molecule has 0 unspecified atom stereocenters. The number of aromatic carboxylic acids is 1. The Morgan fingerprint density at radius 2 is 1.86 bits per heavy atom. The molecule has 2 aliphatic heterocycles. The Labute approximate surface area is 290 Å². The van der Waals surface area contributed by atoms with E-state index in [9.17, 15) is 30.0 Å². The maximum Gasteiger partial charge on any atom is 0.335 e. The van der Waals surface area contributed by atoms with E-state index >= 15 is 0 Å². The summed E-state index contributed by atoms with van der Waals surface area (Å²) in [6, 6.07) is 9.72. The summed E-state index contributed by atoms with van der Waals surface area (Å²) in [6.45, 7) is 13.3. The van der Waals surface area contributed by atoms with E-state index in [1.807, 2.05) is 24.3 Å². The molecule has 0 spiro atoms. The molecule has 0 bridgehead atoms. The summed E-state index contributed by atoms with van der Waals surface area (Å²) < 4.78 is 5.97. The van der Waals surface area contributed by atoms with E-state index in [1.165, 1.54) is 0 Å². The number of benzene rings is 2. The second kappa shape index (κ2) is 14.9. The third-order valence-electron chi connectivity index (χ3n) is 12.2. The van der Waals surface area contributed by atoms with Gasteiger partial charge in [-0.05, 0) is 73.1 Å². The van der Waals surface area contributed by atoms with Gasteiger partial charge in [0.1, 0.15) is 17.9 Å². The van der Waals surface area contributed by atoms with E-state index in [-0.39, 0.29) is 54.6 Å². The fourth-order valence-electron chi connectivity index (χ4n) is 8.48. The first kappa shape index (κ1) is 37.0. The van der Waals surface area contributed by atoms with E-state index in [2.05, 4.69) is 44.8 Å². The summed E-state index contributed by atoms with van der Waals surface area (Å²) in [5, 5.41) is 46.0. The lowest BCUT2D eigenvalue weighted by atomic mass is 9.58. The first-order chi connectivity index (χ1) is 23.2. The highest BCUT2D eigenvalue weighted by molar-refractivity contribution is 5.92. The number of methoxy groups -OCH3 is 1. The maximum absolute atomic E-state index is 14.2. The molecule has 9 atom stereocenters. The first-order valence-corrected chi connectivity index (χ1v) is 17.7. The van der Waals surface area contributed by atoms with Crippen molar-refractivity contribution in [2.24, 2.45) is 29.1 Å². The molecule has 0 aromatic heterocycles. The molecule has 2 heterocycles. The van der Waals surface area contributed by atoms with Crippen molar-refractivity contribution in [3.05, 3.63) is 47.5 Å². The van der Waals surface area contributed by atoms with Crippen LogP contribution < -0.4 is 15.0 Å². The van der Waals surface area contributed by atoms with E-state index < -0.39 is 30.1 Å². The highest BCUT2D eigenvalue weighted by Gasteiger charge is 2.51. The van der Waals surface area contributed by atoms with Gasteiger partial charge >= 0.3 is 5.97 Å². The first-order valence-electron chi connectivity index (χ1n) is 17.7. The van der Waals surface area contributed by atoms with Crippen LogP contribution >= 0.6 is 0 Å². The SMILES string of the molecule is COc1c(CN2O[C@@H](CO)[C@@H]([C@H](C)O)[C@H]2C(=O)N[C@H]2C[C@@H](C)C(C)(C)[C@@H](C)[C@@H]2C)cccc1-c1cc(C(=O)O)cc(N2CCC[C@@H]2CO)c1. The molecule has 2 saturated heterocycles. The Morgan fingerprint density at radius 3 is 2.49 bits per heavy atom. The number of hydrogen-bond donors (Lipinski definition) is 5. The van der Waals surface area contributed by atoms with Crippen LogP contribution in [0.5, 0.6) is 5.75 Å². The fraction of sp³-hybridized carbons (Fsp3) is 0.632. The number of aliphatic hydroxyl groups is 3. The molecule has 0 radical (unpaired) electrons. The highest BCUT2D eigenvalue weighted by Crippen LogP contribution is 2.48. The Hall–Kier alpha value is -3.22. The molecule has 1 amide bonds. The van der Waals surface area contributed by atoms with Crippen LogP contribution in [-0.4, -0.2) is 94.6 Å². The monoisotopic (exact) mass is 681 g/mol. The smallest absolute Gasteiger partial charge is 0.335 e. The lowest BCUT2D eigenvalue weighted by Crippen LogP contribution is -2.56. The third kappa shape index (κ3) is 7.19. The van der Waals surface area contributed by atoms with Gasteiger partial charge in [-0.3, -0.25) is 9.63 Å². The second-order valence-electron chi connectivity index (χ2n) is 15.1. The number of rotatable bonds is 11. The molecule has 11 nitrogen and oxygen atoms in total. The largest absolute Gasteiger partial charge is 0.496 e. The molecule has 5 N–H and O–H groups in total. The standard InChI is InChI=1S/C38H55N3O8/c1-21-14-31(22(2)23(3)38(21,5)6)39-36(45)34-33(24(4)44)32(20-43)49-41(34)18-25-10-8-12-30(35(25)48-7)26-15-27(37(46)47)17-29(16-26)40-13-9-11-28(40)19-42/h8,10,12,15-17,21-24,28,31-34,42-44H,9,11,13-14,18-20H2,1-7H3,(H,39,45)(H,46,47)/t21-,22+,23+,24+,28-,31+,32+,33-,34+/m1/s1. The van der Waals surface area contributed by atoms with Gasteiger partial charge in [-0.2, -0.15) is 5.06 Å². The number of carboxylic acids is 1. The van der Waals surface area contributed by atoms with Gasteiger partial charge < -0.3 is 35.4 Å². The Balaban J connectivity index is 1.48. The minimum Gasteiger partial charge on any atom is -0.496 e. The topological polar surface area (TPSA) is 152 Å². The molecule has 2 aromatic rings. The van der Waals surface area contributed by atoms with Crippen molar-refractivity contribution >= 4 is 17.6 Å². The minimum atomic E-state index is -1.06. The van der Waals surface area contributed by atoms with E-state index in [4.69, 9.17) is 9.57 Å². The molecule has 3 fully saturated rings. The second-order valence-corrected chi connectivity index (χ2v) is 15.1. The van der Waals surface area contributed by atoms with Crippen LogP contribution in [0, 0.1) is 29.1 Å². The number of anilines is 1. The van der Waals surface area contributed by atoms with Gasteiger partial charge in [0.15, 0.2) is 0 Å². The number of carboxylic acid groups (broad SMARTS) is 1. The summed E-state index contributed by atoms with van der Waals surface area (Å²) >= 11 is 0. The van der Waals surface area contributed by atoms with Crippen molar-refractivity contribution in [2.45, 2.75) is 97.7 Å². The average molecular weight is 682 g/mol. The predicted molar refractivity (Wildman–Crippen MR) is 187 cm³/mol. The number of aliphatic hydroxyl groups excluding tert-OH is 3. The van der Waals surface area contributed by atoms with Gasteiger partial charge in [0.05, 0.1) is 44.6 Å². The molecule has 11 heteroatoms. The molecule has 49 heavy (non-hydrogen) atoms. The molecule has 1 saturated carbocycles. The molecule has 2 aromatic carbocycles. The molecule has 3 aliphatic rings. The van der Waals surface area contributed by atoms with E-state index in [1.54, 1.807) is 31.2 Å². The summed E-state index contributed by atoms with van der Waals surface area (Å²) in [4.78, 5) is 34.7. The number of carbonyl (C=O) groups excluding carboxylic acids is 1. The number of nitrogens with zero attached hydrogens (tertiary/aromatic N) is 2. The van der Waals surface area contributed by atoms with Gasteiger partial charge in [-0.25, -0.2) is 4.79 Å². The van der Waals surface area contributed by atoms with Crippen molar-refractivity contribution in [3.8, 4) is 16.9 Å².